The van der Waals surface area contributed by atoms with E-state index in [0.29, 0.717) is 31.8 Å². The molecule has 0 N–H and O–H groups in total. The Morgan fingerprint density at radius 3 is 2.92 bits per heavy atom. The molecule has 2 aliphatic rings. The minimum Gasteiger partial charge on any atom is -0.383 e. The third kappa shape index (κ3) is 3.45. The zero-order valence-corrected chi connectivity index (χ0v) is 14.5. The maximum Gasteiger partial charge on any atom is 0.274 e. The van der Waals surface area contributed by atoms with Crippen LogP contribution in [0.25, 0.3) is 0 Å². The van der Waals surface area contributed by atoms with E-state index in [1.54, 1.807) is 24.2 Å². The lowest BCUT2D eigenvalue weighted by Gasteiger charge is -2.48. The number of piperidine rings is 2. The van der Waals surface area contributed by atoms with E-state index >= 15 is 0 Å². The normalized spacial score (nSPS) is 24.7. The molecule has 1 unspecified atom stereocenters. The largest absolute Gasteiger partial charge is 0.383 e. The summed E-state index contributed by atoms with van der Waals surface area (Å²) >= 11 is 0. The fourth-order valence-corrected chi connectivity index (χ4v) is 3.91. The first-order valence-corrected chi connectivity index (χ1v) is 8.57. The number of hydrogen-bond donors (Lipinski definition) is 0. The van der Waals surface area contributed by atoms with Crippen molar-refractivity contribution in [2.45, 2.75) is 25.7 Å². The van der Waals surface area contributed by atoms with Crippen molar-refractivity contribution in [3.63, 3.8) is 0 Å². The van der Waals surface area contributed by atoms with Crippen LogP contribution in [-0.2, 0) is 16.6 Å². The summed E-state index contributed by atoms with van der Waals surface area (Å²) in [6, 6.07) is 0. The third-order valence-corrected chi connectivity index (χ3v) is 5.19. The lowest BCUT2D eigenvalue weighted by atomic mass is 9.73. The Morgan fingerprint density at radius 2 is 2.21 bits per heavy atom. The molecule has 1 aromatic rings. The first kappa shape index (κ1) is 17.0. The Kier molecular flexibility index (Phi) is 4.89. The van der Waals surface area contributed by atoms with E-state index in [2.05, 4.69) is 4.98 Å². The standard InChI is InChI=1S/C17H26N4O3/c1-19-10-14(18-13-19)16(23)21-7-3-5-17(12-21)6-4-15(22)20(11-17)8-9-24-2/h10,13H,3-9,11-12H2,1-2H3. The number of ether oxygens (including phenoxy) is 1. The predicted molar refractivity (Wildman–Crippen MR) is 88.5 cm³/mol. The minimum atomic E-state index is -0.00461. The monoisotopic (exact) mass is 334 g/mol. The fourth-order valence-electron chi connectivity index (χ4n) is 3.91. The Morgan fingerprint density at radius 1 is 1.38 bits per heavy atom. The molecule has 2 fully saturated rings. The van der Waals surface area contributed by atoms with Gasteiger partial charge in [-0.15, -0.1) is 0 Å². The van der Waals surface area contributed by atoms with E-state index in [-0.39, 0.29) is 17.2 Å². The molecule has 1 spiro atoms. The van der Waals surface area contributed by atoms with Gasteiger partial charge in [-0.1, -0.05) is 0 Å². The van der Waals surface area contributed by atoms with Crippen molar-refractivity contribution in [2.24, 2.45) is 12.5 Å². The van der Waals surface area contributed by atoms with E-state index in [0.717, 1.165) is 32.4 Å². The summed E-state index contributed by atoms with van der Waals surface area (Å²) in [5.41, 5.74) is 0.516. The maximum absolute atomic E-state index is 12.7. The molecule has 2 amide bonds. The van der Waals surface area contributed by atoms with Crippen molar-refractivity contribution in [2.75, 3.05) is 39.9 Å². The molecule has 0 saturated carbocycles. The predicted octanol–water partition coefficient (Wildman–Crippen LogP) is 0.911. The molecule has 0 bridgehead atoms. The molecule has 3 heterocycles. The summed E-state index contributed by atoms with van der Waals surface area (Å²) in [5, 5.41) is 0. The Balaban J connectivity index is 1.69. The Hall–Kier alpha value is -1.89. The van der Waals surface area contributed by atoms with Gasteiger partial charge in [0, 0.05) is 58.4 Å². The van der Waals surface area contributed by atoms with E-state index < -0.39 is 0 Å². The highest BCUT2D eigenvalue weighted by molar-refractivity contribution is 5.92. The number of aryl methyl sites for hydroxylation is 1. The summed E-state index contributed by atoms with van der Waals surface area (Å²) in [6.07, 6.45) is 6.88. The number of imidazole rings is 1. The van der Waals surface area contributed by atoms with Crippen LogP contribution in [0.2, 0.25) is 0 Å². The van der Waals surface area contributed by atoms with Crippen LogP contribution in [0.5, 0.6) is 0 Å². The van der Waals surface area contributed by atoms with E-state index in [4.69, 9.17) is 4.74 Å². The van der Waals surface area contributed by atoms with Crippen LogP contribution in [0.1, 0.15) is 36.2 Å². The molecular weight excluding hydrogens is 308 g/mol. The van der Waals surface area contributed by atoms with Crippen LogP contribution in [0, 0.1) is 5.41 Å². The number of nitrogens with zero attached hydrogens (tertiary/aromatic N) is 4. The van der Waals surface area contributed by atoms with Gasteiger partial charge < -0.3 is 19.1 Å². The molecule has 3 rings (SSSR count). The fraction of sp³-hybridized carbons (Fsp3) is 0.706. The highest BCUT2D eigenvalue weighted by atomic mass is 16.5. The SMILES string of the molecule is COCCN1CC2(CCCN(C(=O)c3cn(C)cn3)C2)CCC1=O. The molecule has 7 heteroatoms. The maximum atomic E-state index is 12.7. The third-order valence-electron chi connectivity index (χ3n) is 5.19. The van der Waals surface area contributed by atoms with Gasteiger partial charge in [0.25, 0.3) is 5.91 Å². The van der Waals surface area contributed by atoms with E-state index in [1.165, 1.54) is 0 Å². The van der Waals surface area contributed by atoms with Gasteiger partial charge in [-0.3, -0.25) is 9.59 Å². The quantitative estimate of drug-likeness (QED) is 0.821. The zero-order chi connectivity index (χ0) is 17.2. The van der Waals surface area contributed by atoms with Crippen LogP contribution in [0.4, 0.5) is 0 Å². The van der Waals surface area contributed by atoms with Crippen LogP contribution in [0.15, 0.2) is 12.5 Å². The number of carbonyl (C=O) groups is 2. The Bertz CT molecular complexity index is 615. The highest BCUT2D eigenvalue weighted by Gasteiger charge is 2.42. The lowest BCUT2D eigenvalue weighted by Crippen LogP contribution is -2.55. The highest BCUT2D eigenvalue weighted by Crippen LogP contribution is 2.39. The van der Waals surface area contributed by atoms with Crippen molar-refractivity contribution >= 4 is 11.8 Å². The number of rotatable bonds is 4. The summed E-state index contributed by atoms with van der Waals surface area (Å²) < 4.78 is 6.91. The van der Waals surface area contributed by atoms with Gasteiger partial charge in [-0.05, 0) is 19.3 Å². The molecule has 0 aromatic carbocycles. The average molecular weight is 334 g/mol. The number of aromatic nitrogens is 2. The van der Waals surface area contributed by atoms with Gasteiger partial charge in [0.15, 0.2) is 0 Å². The molecule has 2 saturated heterocycles. The van der Waals surface area contributed by atoms with Crippen LogP contribution >= 0.6 is 0 Å². The number of likely N-dealkylation sites (tertiary alicyclic amines) is 2. The minimum absolute atomic E-state index is 0.00461. The molecule has 0 aliphatic carbocycles. The van der Waals surface area contributed by atoms with Gasteiger partial charge in [-0.2, -0.15) is 0 Å². The van der Waals surface area contributed by atoms with E-state index in [9.17, 15) is 9.59 Å². The van der Waals surface area contributed by atoms with Gasteiger partial charge >= 0.3 is 0 Å². The smallest absolute Gasteiger partial charge is 0.274 e. The second kappa shape index (κ2) is 6.93. The van der Waals surface area contributed by atoms with Crippen LogP contribution in [0.3, 0.4) is 0 Å². The molecule has 1 atom stereocenters. The van der Waals surface area contributed by atoms with Crippen LogP contribution in [-0.4, -0.2) is 71.1 Å². The van der Waals surface area contributed by atoms with Crippen molar-refractivity contribution < 1.29 is 14.3 Å². The van der Waals surface area contributed by atoms with Gasteiger partial charge in [-0.25, -0.2) is 4.98 Å². The second-order valence-corrected chi connectivity index (χ2v) is 7.06. The number of amides is 2. The zero-order valence-electron chi connectivity index (χ0n) is 14.5. The van der Waals surface area contributed by atoms with Gasteiger partial charge in [0.05, 0.1) is 12.9 Å². The summed E-state index contributed by atoms with van der Waals surface area (Å²) in [5.74, 6) is 0.195. The number of hydrogen-bond acceptors (Lipinski definition) is 4. The first-order valence-electron chi connectivity index (χ1n) is 8.57. The molecule has 1 aromatic heterocycles. The molecule has 7 nitrogen and oxygen atoms in total. The van der Waals surface area contributed by atoms with Crippen molar-refractivity contribution in [1.29, 1.82) is 0 Å². The summed E-state index contributed by atoms with van der Waals surface area (Å²) in [4.78, 5) is 32.8. The molecule has 2 aliphatic heterocycles. The summed E-state index contributed by atoms with van der Waals surface area (Å²) in [6.45, 7) is 3.38. The van der Waals surface area contributed by atoms with Crippen LogP contribution < -0.4 is 0 Å². The van der Waals surface area contributed by atoms with Gasteiger partial charge in [0.2, 0.25) is 5.91 Å². The Labute approximate surface area is 142 Å². The van der Waals surface area contributed by atoms with E-state index in [1.807, 2.05) is 16.8 Å². The topological polar surface area (TPSA) is 67.7 Å². The molecule has 24 heavy (non-hydrogen) atoms. The van der Waals surface area contributed by atoms with Crippen molar-refractivity contribution in [3.05, 3.63) is 18.2 Å². The number of carbonyl (C=O) groups excluding carboxylic acids is 2. The number of methoxy groups -OCH3 is 1. The average Bonchev–Trinajstić information content (AvgIpc) is 3.02. The molecular formula is C17H26N4O3. The second-order valence-electron chi connectivity index (χ2n) is 7.06. The van der Waals surface area contributed by atoms with Gasteiger partial charge in [0.1, 0.15) is 5.69 Å². The van der Waals surface area contributed by atoms with Crippen molar-refractivity contribution in [3.8, 4) is 0 Å². The molecule has 0 radical (unpaired) electrons. The first-order chi connectivity index (χ1) is 11.5. The van der Waals surface area contributed by atoms with Crippen molar-refractivity contribution in [1.82, 2.24) is 19.4 Å². The summed E-state index contributed by atoms with van der Waals surface area (Å²) in [7, 11) is 3.51. The lowest BCUT2D eigenvalue weighted by molar-refractivity contribution is -0.139. The molecule has 132 valence electrons.